The Balaban J connectivity index is 2.47. The van der Waals surface area contributed by atoms with Gasteiger partial charge in [-0.05, 0) is 30.5 Å². The average molecular weight is 328 g/mol. The second-order valence-corrected chi connectivity index (χ2v) is 5.66. The average Bonchev–Trinajstić information content (AvgIpc) is 2.27. The van der Waals surface area contributed by atoms with Crippen molar-refractivity contribution in [2.45, 2.75) is 32.7 Å². The van der Waals surface area contributed by atoms with Crippen LogP contribution in [0.15, 0.2) is 28.7 Å². The Morgan fingerprint density at radius 2 is 1.79 bits per heavy atom. The number of hydrogen-bond donors (Lipinski definition) is 2. The van der Waals surface area contributed by atoms with Gasteiger partial charge in [0.05, 0.1) is 6.04 Å². The number of aliphatic carboxylic acids is 1. The molecule has 4 nitrogen and oxygen atoms in total. The molecule has 19 heavy (non-hydrogen) atoms. The minimum atomic E-state index is -0.874. The molecule has 1 unspecified atom stereocenters. The standard InChI is InChI=1S/C14H18BrNO3/c1-9(8-14(18)19)7-13(17)16-10(2)11-3-5-12(15)6-4-11/h3-6,9-10H,7-8H2,1-2H3,(H,16,17)(H,18,19)/t9?,10-/m1/s1. The maximum absolute atomic E-state index is 11.8. The highest BCUT2D eigenvalue weighted by atomic mass is 79.9. The highest BCUT2D eigenvalue weighted by molar-refractivity contribution is 9.10. The van der Waals surface area contributed by atoms with Crippen LogP contribution >= 0.6 is 15.9 Å². The van der Waals surface area contributed by atoms with Crippen molar-refractivity contribution in [2.24, 2.45) is 5.92 Å². The summed E-state index contributed by atoms with van der Waals surface area (Å²) in [7, 11) is 0. The first-order chi connectivity index (χ1) is 8.88. The van der Waals surface area contributed by atoms with Gasteiger partial charge in [-0.25, -0.2) is 0 Å². The zero-order chi connectivity index (χ0) is 14.4. The predicted octanol–water partition coefficient (Wildman–Crippen LogP) is 3.13. The van der Waals surface area contributed by atoms with Crippen LogP contribution in [0, 0.1) is 5.92 Å². The molecule has 0 aliphatic carbocycles. The maximum atomic E-state index is 11.8. The lowest BCUT2D eigenvalue weighted by Gasteiger charge is -2.16. The van der Waals surface area contributed by atoms with Crippen LogP contribution in [-0.2, 0) is 9.59 Å². The molecule has 0 aromatic heterocycles. The second kappa shape index (κ2) is 7.28. The molecule has 0 spiro atoms. The quantitative estimate of drug-likeness (QED) is 0.843. The Bertz CT molecular complexity index is 445. The van der Waals surface area contributed by atoms with E-state index in [4.69, 9.17) is 5.11 Å². The van der Waals surface area contributed by atoms with Gasteiger partial charge < -0.3 is 10.4 Å². The van der Waals surface area contributed by atoms with Crippen LogP contribution in [-0.4, -0.2) is 17.0 Å². The molecule has 2 N–H and O–H groups in total. The molecule has 1 amide bonds. The summed E-state index contributed by atoms with van der Waals surface area (Å²) in [5.41, 5.74) is 1.02. The van der Waals surface area contributed by atoms with Crippen molar-refractivity contribution in [3.63, 3.8) is 0 Å². The van der Waals surface area contributed by atoms with Crippen molar-refractivity contribution in [1.82, 2.24) is 5.32 Å². The Morgan fingerprint density at radius 1 is 1.21 bits per heavy atom. The van der Waals surface area contributed by atoms with Crippen molar-refractivity contribution < 1.29 is 14.7 Å². The molecule has 1 aromatic rings. The predicted molar refractivity (Wildman–Crippen MR) is 76.7 cm³/mol. The molecule has 2 atom stereocenters. The van der Waals surface area contributed by atoms with Crippen LogP contribution in [0.3, 0.4) is 0 Å². The van der Waals surface area contributed by atoms with Crippen molar-refractivity contribution in [3.05, 3.63) is 34.3 Å². The van der Waals surface area contributed by atoms with Gasteiger partial charge in [-0.2, -0.15) is 0 Å². The van der Waals surface area contributed by atoms with Gasteiger partial charge in [0.25, 0.3) is 0 Å². The summed E-state index contributed by atoms with van der Waals surface area (Å²) < 4.78 is 0.991. The second-order valence-electron chi connectivity index (χ2n) is 4.75. The van der Waals surface area contributed by atoms with Gasteiger partial charge in [0, 0.05) is 17.3 Å². The van der Waals surface area contributed by atoms with Crippen molar-refractivity contribution >= 4 is 27.8 Å². The number of amides is 1. The molecule has 1 rings (SSSR count). The van der Waals surface area contributed by atoms with Crippen LogP contribution in [0.25, 0.3) is 0 Å². The molecular weight excluding hydrogens is 310 g/mol. The SMILES string of the molecule is CC(CC(=O)O)CC(=O)N[C@H](C)c1ccc(Br)cc1. The normalized spacial score (nSPS) is 13.6. The molecule has 0 aliphatic rings. The number of nitrogens with one attached hydrogen (secondary N) is 1. The highest BCUT2D eigenvalue weighted by Crippen LogP contribution is 2.17. The molecule has 0 saturated carbocycles. The van der Waals surface area contributed by atoms with E-state index >= 15 is 0 Å². The van der Waals surface area contributed by atoms with Crippen molar-refractivity contribution in [2.75, 3.05) is 0 Å². The molecule has 0 saturated heterocycles. The summed E-state index contributed by atoms with van der Waals surface area (Å²) in [4.78, 5) is 22.3. The molecule has 0 fully saturated rings. The number of benzene rings is 1. The minimum Gasteiger partial charge on any atom is -0.481 e. The van der Waals surface area contributed by atoms with E-state index in [0.717, 1.165) is 10.0 Å². The zero-order valence-electron chi connectivity index (χ0n) is 11.0. The largest absolute Gasteiger partial charge is 0.481 e. The van der Waals surface area contributed by atoms with Crippen LogP contribution < -0.4 is 5.32 Å². The van der Waals surface area contributed by atoms with Gasteiger partial charge in [-0.15, -0.1) is 0 Å². The van der Waals surface area contributed by atoms with Gasteiger partial charge in [-0.3, -0.25) is 9.59 Å². The summed E-state index contributed by atoms with van der Waals surface area (Å²) in [6, 6.07) is 7.64. The lowest BCUT2D eigenvalue weighted by atomic mass is 10.0. The molecule has 0 heterocycles. The van der Waals surface area contributed by atoms with E-state index in [1.165, 1.54) is 0 Å². The fourth-order valence-electron chi connectivity index (χ4n) is 1.82. The van der Waals surface area contributed by atoms with Gasteiger partial charge >= 0.3 is 5.97 Å². The number of carboxylic acids is 1. The lowest BCUT2D eigenvalue weighted by Crippen LogP contribution is -2.28. The van der Waals surface area contributed by atoms with Gasteiger partial charge in [0.2, 0.25) is 5.91 Å². The van der Waals surface area contributed by atoms with E-state index < -0.39 is 5.97 Å². The van der Waals surface area contributed by atoms with Gasteiger partial charge in [0.15, 0.2) is 0 Å². The topological polar surface area (TPSA) is 66.4 Å². The summed E-state index contributed by atoms with van der Waals surface area (Å²) in [6.45, 7) is 3.67. The summed E-state index contributed by atoms with van der Waals surface area (Å²) in [5.74, 6) is -1.15. The van der Waals surface area contributed by atoms with Gasteiger partial charge in [-0.1, -0.05) is 35.0 Å². The number of rotatable bonds is 6. The van der Waals surface area contributed by atoms with Crippen molar-refractivity contribution in [1.29, 1.82) is 0 Å². The fourth-order valence-corrected chi connectivity index (χ4v) is 2.09. The van der Waals surface area contributed by atoms with E-state index in [2.05, 4.69) is 21.2 Å². The highest BCUT2D eigenvalue weighted by Gasteiger charge is 2.15. The number of carbonyl (C=O) groups is 2. The number of carbonyl (C=O) groups excluding carboxylic acids is 1. The first-order valence-electron chi connectivity index (χ1n) is 6.15. The Hall–Kier alpha value is -1.36. The molecule has 0 radical (unpaired) electrons. The molecule has 5 heteroatoms. The first kappa shape index (κ1) is 15.7. The molecule has 104 valence electrons. The number of carboxylic acid groups (broad SMARTS) is 1. The molecule has 1 aromatic carbocycles. The van der Waals surface area contributed by atoms with Crippen molar-refractivity contribution in [3.8, 4) is 0 Å². The van der Waals surface area contributed by atoms with E-state index in [0.29, 0.717) is 0 Å². The fraction of sp³-hybridized carbons (Fsp3) is 0.429. The van der Waals surface area contributed by atoms with Crippen LogP contribution in [0.4, 0.5) is 0 Å². The van der Waals surface area contributed by atoms with E-state index in [-0.39, 0.29) is 30.7 Å². The monoisotopic (exact) mass is 327 g/mol. The Labute approximate surface area is 121 Å². The molecule has 0 aliphatic heterocycles. The third kappa shape index (κ3) is 5.87. The van der Waals surface area contributed by atoms with E-state index in [1.807, 2.05) is 31.2 Å². The van der Waals surface area contributed by atoms with Gasteiger partial charge in [0.1, 0.15) is 0 Å². The Morgan fingerprint density at radius 3 is 2.32 bits per heavy atom. The summed E-state index contributed by atoms with van der Waals surface area (Å²) in [6.07, 6.45) is 0.243. The van der Waals surface area contributed by atoms with Crippen LogP contribution in [0.1, 0.15) is 38.3 Å². The first-order valence-corrected chi connectivity index (χ1v) is 6.94. The number of hydrogen-bond acceptors (Lipinski definition) is 2. The summed E-state index contributed by atoms with van der Waals surface area (Å²) >= 11 is 3.36. The van der Waals surface area contributed by atoms with E-state index in [9.17, 15) is 9.59 Å². The number of halogens is 1. The third-order valence-corrected chi connectivity index (χ3v) is 3.33. The Kier molecular flexibility index (Phi) is 6.02. The summed E-state index contributed by atoms with van der Waals surface area (Å²) in [5, 5.41) is 11.5. The van der Waals surface area contributed by atoms with Crippen LogP contribution in [0.2, 0.25) is 0 Å². The van der Waals surface area contributed by atoms with E-state index in [1.54, 1.807) is 6.92 Å². The smallest absolute Gasteiger partial charge is 0.303 e. The zero-order valence-corrected chi connectivity index (χ0v) is 12.6. The lowest BCUT2D eigenvalue weighted by molar-refractivity contribution is -0.138. The third-order valence-electron chi connectivity index (χ3n) is 2.80. The minimum absolute atomic E-state index is 0.0140. The molecular formula is C14H18BrNO3. The maximum Gasteiger partial charge on any atom is 0.303 e. The molecule has 0 bridgehead atoms. The van der Waals surface area contributed by atoms with Crippen LogP contribution in [0.5, 0.6) is 0 Å².